The summed E-state index contributed by atoms with van der Waals surface area (Å²) in [6, 6.07) is 6.87. The number of amidine groups is 1. The van der Waals surface area contributed by atoms with Gasteiger partial charge in [0.15, 0.2) is 0 Å². The zero-order valence-electron chi connectivity index (χ0n) is 16.8. The van der Waals surface area contributed by atoms with Crippen LogP contribution >= 0.6 is 0 Å². The number of rotatable bonds is 10. The fourth-order valence-electron chi connectivity index (χ4n) is 2.55. The van der Waals surface area contributed by atoms with Gasteiger partial charge in [0.1, 0.15) is 29.1 Å². The minimum Gasteiger partial charge on any atom is -0.480 e. The van der Waals surface area contributed by atoms with Crippen LogP contribution in [0, 0.1) is 11.3 Å². The summed E-state index contributed by atoms with van der Waals surface area (Å²) in [6.45, 7) is 1.44. The SMILES string of the molecule is CC(Cc1ccc(C(=O)Oc2ccc(C(=N)N)cc2)o1)C(=O)N[C@@H](CS(=O)(=O)O)C(=O)O. The van der Waals surface area contributed by atoms with E-state index < -0.39 is 45.7 Å². The Morgan fingerprint density at radius 3 is 2.34 bits per heavy atom. The Morgan fingerprint density at radius 1 is 1.19 bits per heavy atom. The Bertz CT molecular complexity index is 1120. The summed E-state index contributed by atoms with van der Waals surface area (Å²) in [5, 5.41) is 18.4. The van der Waals surface area contributed by atoms with Crippen LogP contribution in [-0.2, 0) is 26.1 Å². The molecule has 2 atom stereocenters. The molecule has 1 amide bonds. The van der Waals surface area contributed by atoms with E-state index in [1.807, 2.05) is 5.32 Å². The lowest BCUT2D eigenvalue weighted by atomic mass is 10.1. The summed E-state index contributed by atoms with van der Waals surface area (Å²) in [5.41, 5.74) is 5.81. The number of amides is 1. The van der Waals surface area contributed by atoms with Crippen molar-refractivity contribution in [3.8, 4) is 5.75 Å². The van der Waals surface area contributed by atoms with Gasteiger partial charge in [0.05, 0.1) is 0 Å². The number of nitrogens with two attached hydrogens (primary N) is 1. The summed E-state index contributed by atoms with van der Waals surface area (Å²) >= 11 is 0. The molecule has 13 heteroatoms. The lowest BCUT2D eigenvalue weighted by Gasteiger charge is -2.16. The number of hydrogen-bond donors (Lipinski definition) is 5. The third kappa shape index (κ3) is 7.21. The summed E-state index contributed by atoms with van der Waals surface area (Å²) in [5.74, 6) is -5.07. The molecule has 2 rings (SSSR count). The van der Waals surface area contributed by atoms with Gasteiger partial charge in [-0.2, -0.15) is 8.42 Å². The normalized spacial score (nSPS) is 13.1. The van der Waals surface area contributed by atoms with Gasteiger partial charge in [-0.3, -0.25) is 14.8 Å². The lowest BCUT2D eigenvalue weighted by molar-refractivity contribution is -0.141. The summed E-state index contributed by atoms with van der Waals surface area (Å²) in [6.07, 6.45) is -0.0232. The summed E-state index contributed by atoms with van der Waals surface area (Å²) in [4.78, 5) is 35.5. The second-order valence-corrected chi connectivity index (χ2v) is 8.34. The average Bonchev–Trinajstić information content (AvgIpc) is 3.15. The molecule has 2 aromatic rings. The predicted molar refractivity (Wildman–Crippen MR) is 110 cm³/mol. The first-order chi connectivity index (χ1) is 14.9. The van der Waals surface area contributed by atoms with Crippen LogP contribution in [0.4, 0.5) is 0 Å². The summed E-state index contributed by atoms with van der Waals surface area (Å²) < 4.78 is 41.1. The molecule has 1 unspecified atom stereocenters. The number of hydrogen-bond acceptors (Lipinski definition) is 8. The van der Waals surface area contributed by atoms with Gasteiger partial charge < -0.3 is 25.3 Å². The smallest absolute Gasteiger partial charge is 0.379 e. The van der Waals surface area contributed by atoms with Gasteiger partial charge in [0.25, 0.3) is 10.1 Å². The molecule has 0 aliphatic rings. The number of ether oxygens (including phenoxy) is 1. The van der Waals surface area contributed by atoms with E-state index in [9.17, 15) is 22.8 Å². The van der Waals surface area contributed by atoms with E-state index in [1.54, 1.807) is 0 Å². The number of aliphatic carboxylic acids is 1. The van der Waals surface area contributed by atoms with Gasteiger partial charge >= 0.3 is 11.9 Å². The van der Waals surface area contributed by atoms with Gasteiger partial charge in [-0.05, 0) is 36.4 Å². The van der Waals surface area contributed by atoms with Crippen LogP contribution in [-0.4, -0.2) is 53.6 Å². The number of esters is 1. The molecular formula is C19H21N3O9S. The Hall–Kier alpha value is -3.71. The fourth-order valence-corrected chi connectivity index (χ4v) is 3.20. The molecule has 1 heterocycles. The van der Waals surface area contributed by atoms with Crippen molar-refractivity contribution in [3.63, 3.8) is 0 Å². The zero-order chi connectivity index (χ0) is 24.1. The number of carboxylic acid groups (broad SMARTS) is 1. The molecule has 172 valence electrons. The van der Waals surface area contributed by atoms with Gasteiger partial charge in [0.2, 0.25) is 11.7 Å². The highest BCUT2D eigenvalue weighted by atomic mass is 32.2. The standard InChI is InChI=1S/C19H21N3O9S/c1-10(17(23)22-14(18(24)25)9-32(27,28)29)8-13-6-7-15(30-13)19(26)31-12-4-2-11(3-5-12)16(20)21/h2-7,10,14H,8-9H2,1H3,(H3,20,21)(H,22,23)(H,24,25)(H,27,28,29)/t10?,14-/m0/s1. The van der Waals surface area contributed by atoms with Crippen LogP contribution in [0.25, 0.3) is 0 Å². The Morgan fingerprint density at radius 2 is 1.81 bits per heavy atom. The molecule has 0 aliphatic carbocycles. The molecule has 1 aromatic carbocycles. The van der Waals surface area contributed by atoms with Crippen LogP contribution in [0.5, 0.6) is 5.75 Å². The molecule has 12 nitrogen and oxygen atoms in total. The molecule has 1 aromatic heterocycles. The minimum atomic E-state index is -4.62. The van der Waals surface area contributed by atoms with Crippen LogP contribution < -0.4 is 15.8 Å². The Kier molecular flexibility index (Phi) is 7.72. The highest BCUT2D eigenvalue weighted by molar-refractivity contribution is 7.85. The van der Waals surface area contributed by atoms with E-state index in [4.69, 9.17) is 30.0 Å². The maximum atomic E-state index is 12.2. The first-order valence-electron chi connectivity index (χ1n) is 9.09. The molecule has 0 saturated carbocycles. The lowest BCUT2D eigenvalue weighted by Crippen LogP contribution is -2.47. The van der Waals surface area contributed by atoms with Gasteiger partial charge in [0, 0.05) is 17.9 Å². The Labute approximate surface area is 182 Å². The molecule has 0 saturated heterocycles. The molecule has 0 aliphatic heterocycles. The van der Waals surface area contributed by atoms with Crippen LogP contribution in [0.2, 0.25) is 0 Å². The predicted octanol–water partition coefficient (Wildman–Crippen LogP) is 0.419. The van der Waals surface area contributed by atoms with Gasteiger partial charge in [-0.25, -0.2) is 9.59 Å². The number of nitrogens with one attached hydrogen (secondary N) is 2. The largest absolute Gasteiger partial charge is 0.480 e. The number of benzene rings is 1. The third-order valence-electron chi connectivity index (χ3n) is 4.19. The van der Waals surface area contributed by atoms with Crippen molar-refractivity contribution in [1.82, 2.24) is 5.32 Å². The highest BCUT2D eigenvalue weighted by Crippen LogP contribution is 2.17. The van der Waals surface area contributed by atoms with Gasteiger partial charge in [-0.1, -0.05) is 6.92 Å². The second kappa shape index (κ2) is 10.1. The first kappa shape index (κ1) is 24.6. The van der Waals surface area contributed by atoms with E-state index in [0.717, 1.165) is 0 Å². The quantitative estimate of drug-likeness (QED) is 0.107. The third-order valence-corrected chi connectivity index (χ3v) is 4.94. The van der Waals surface area contributed by atoms with Crippen molar-refractivity contribution in [2.75, 3.05) is 5.75 Å². The highest BCUT2D eigenvalue weighted by Gasteiger charge is 2.28. The van der Waals surface area contributed by atoms with Crippen molar-refractivity contribution in [2.24, 2.45) is 11.7 Å². The number of carbonyl (C=O) groups excluding carboxylic acids is 2. The van der Waals surface area contributed by atoms with Crippen molar-refractivity contribution in [3.05, 3.63) is 53.5 Å². The minimum absolute atomic E-state index is 0.0232. The molecule has 6 N–H and O–H groups in total. The van der Waals surface area contributed by atoms with Crippen LogP contribution in [0.3, 0.4) is 0 Å². The number of carboxylic acids is 1. The van der Waals surface area contributed by atoms with E-state index in [1.165, 1.54) is 43.3 Å². The second-order valence-electron chi connectivity index (χ2n) is 6.85. The zero-order valence-corrected chi connectivity index (χ0v) is 17.6. The number of carbonyl (C=O) groups is 3. The molecule has 0 fully saturated rings. The van der Waals surface area contributed by atoms with E-state index in [2.05, 4.69) is 0 Å². The molecule has 0 bridgehead atoms. The van der Waals surface area contributed by atoms with Crippen LogP contribution in [0.15, 0.2) is 40.8 Å². The monoisotopic (exact) mass is 467 g/mol. The maximum Gasteiger partial charge on any atom is 0.379 e. The topological polar surface area (TPSA) is 210 Å². The average molecular weight is 467 g/mol. The number of nitrogen functional groups attached to an aromatic ring is 1. The van der Waals surface area contributed by atoms with Crippen LogP contribution in [0.1, 0.15) is 28.8 Å². The molecular weight excluding hydrogens is 446 g/mol. The molecule has 0 radical (unpaired) electrons. The van der Waals surface area contributed by atoms with Crippen molar-refractivity contribution < 1.29 is 41.6 Å². The van der Waals surface area contributed by atoms with Crippen molar-refractivity contribution in [1.29, 1.82) is 5.41 Å². The van der Waals surface area contributed by atoms with E-state index >= 15 is 0 Å². The van der Waals surface area contributed by atoms with Crippen molar-refractivity contribution >= 4 is 33.8 Å². The maximum absolute atomic E-state index is 12.2. The Balaban J connectivity index is 1.97. The number of furan rings is 1. The summed E-state index contributed by atoms with van der Waals surface area (Å²) in [7, 11) is -4.62. The first-order valence-corrected chi connectivity index (χ1v) is 10.7. The molecule has 32 heavy (non-hydrogen) atoms. The van der Waals surface area contributed by atoms with E-state index in [-0.39, 0.29) is 29.5 Å². The fraction of sp³-hybridized carbons (Fsp3) is 0.263. The van der Waals surface area contributed by atoms with Gasteiger partial charge in [-0.15, -0.1) is 0 Å². The van der Waals surface area contributed by atoms with Crippen molar-refractivity contribution in [2.45, 2.75) is 19.4 Å². The molecule has 0 spiro atoms. The van der Waals surface area contributed by atoms with E-state index in [0.29, 0.717) is 5.56 Å².